The molecule has 0 unspecified atom stereocenters. The summed E-state index contributed by atoms with van der Waals surface area (Å²) in [6.45, 7) is 2.98. The minimum absolute atomic E-state index is 0.566. The molecule has 2 heterocycles. The lowest BCUT2D eigenvalue weighted by Crippen LogP contribution is -2.23. The van der Waals surface area contributed by atoms with Gasteiger partial charge >= 0.3 is 0 Å². The van der Waals surface area contributed by atoms with Gasteiger partial charge in [0.1, 0.15) is 17.5 Å². The molecule has 4 nitrogen and oxygen atoms in total. The number of hydrogen-bond donors (Lipinski definition) is 1. The predicted octanol–water partition coefficient (Wildman–Crippen LogP) is 4.22. The highest BCUT2D eigenvalue weighted by Gasteiger charge is 2.22. The summed E-state index contributed by atoms with van der Waals surface area (Å²) in [7, 11) is 0. The van der Waals surface area contributed by atoms with E-state index in [1.807, 2.05) is 6.92 Å². The molecule has 2 aliphatic rings. The van der Waals surface area contributed by atoms with Crippen LogP contribution in [0.4, 0.5) is 17.3 Å². The van der Waals surface area contributed by atoms with E-state index < -0.39 is 0 Å². The molecule has 4 rings (SSSR count). The number of para-hydroxylation sites is 1. The summed E-state index contributed by atoms with van der Waals surface area (Å²) in [5.41, 5.74) is 2.69. The second-order valence-electron chi connectivity index (χ2n) is 6.67. The number of nitrogens with one attached hydrogen (secondary N) is 1. The van der Waals surface area contributed by atoms with E-state index in [1.165, 1.54) is 43.4 Å². The van der Waals surface area contributed by atoms with Gasteiger partial charge < -0.3 is 10.2 Å². The van der Waals surface area contributed by atoms with Gasteiger partial charge in [0.15, 0.2) is 0 Å². The number of benzene rings is 1. The van der Waals surface area contributed by atoms with Crippen molar-refractivity contribution in [3.63, 3.8) is 0 Å². The lowest BCUT2D eigenvalue weighted by atomic mass is 9.95. The van der Waals surface area contributed by atoms with Crippen LogP contribution < -0.4 is 10.2 Å². The minimum atomic E-state index is 0.566. The Hall–Kier alpha value is -2.10. The molecule has 120 valence electrons. The van der Waals surface area contributed by atoms with Crippen LogP contribution in [0.3, 0.4) is 0 Å². The Kier molecular flexibility index (Phi) is 3.90. The van der Waals surface area contributed by atoms with Gasteiger partial charge in [-0.25, -0.2) is 9.97 Å². The average Bonchev–Trinajstić information content (AvgIpc) is 2.99. The third-order valence-electron chi connectivity index (χ3n) is 4.95. The Morgan fingerprint density at radius 3 is 2.78 bits per heavy atom. The van der Waals surface area contributed by atoms with E-state index >= 15 is 0 Å². The van der Waals surface area contributed by atoms with E-state index in [0.29, 0.717) is 6.04 Å². The molecule has 0 atom stereocenters. The van der Waals surface area contributed by atoms with Gasteiger partial charge in [-0.2, -0.15) is 0 Å². The summed E-state index contributed by atoms with van der Waals surface area (Å²) >= 11 is 0. The number of anilines is 3. The largest absolute Gasteiger partial charge is 0.367 e. The average molecular weight is 308 g/mol. The van der Waals surface area contributed by atoms with Gasteiger partial charge in [-0.3, -0.25) is 0 Å². The molecule has 0 spiro atoms. The van der Waals surface area contributed by atoms with Crippen molar-refractivity contribution in [1.29, 1.82) is 0 Å². The summed E-state index contributed by atoms with van der Waals surface area (Å²) in [5.74, 6) is 2.83. The SMILES string of the molecule is Cc1nc(NC2CCCCC2)cc(N2CCc3ccccc32)n1. The number of aryl methyl sites for hydroxylation is 1. The van der Waals surface area contributed by atoms with E-state index in [-0.39, 0.29) is 0 Å². The third-order valence-corrected chi connectivity index (χ3v) is 4.95. The molecule has 2 aromatic rings. The van der Waals surface area contributed by atoms with Crippen LogP contribution in [0.15, 0.2) is 30.3 Å². The number of aromatic nitrogens is 2. The van der Waals surface area contributed by atoms with Gasteiger partial charge in [0.05, 0.1) is 0 Å². The smallest absolute Gasteiger partial charge is 0.138 e. The van der Waals surface area contributed by atoms with Crippen LogP contribution in [0.5, 0.6) is 0 Å². The van der Waals surface area contributed by atoms with Crippen molar-refractivity contribution in [3.05, 3.63) is 41.7 Å². The first kappa shape index (κ1) is 14.5. The van der Waals surface area contributed by atoms with E-state index in [0.717, 1.165) is 30.4 Å². The molecule has 1 N–H and O–H groups in total. The normalized spacial score (nSPS) is 18.0. The second-order valence-corrected chi connectivity index (χ2v) is 6.67. The van der Waals surface area contributed by atoms with Crippen molar-refractivity contribution in [2.75, 3.05) is 16.8 Å². The zero-order valence-corrected chi connectivity index (χ0v) is 13.8. The summed E-state index contributed by atoms with van der Waals surface area (Å²) < 4.78 is 0. The van der Waals surface area contributed by atoms with Crippen LogP contribution in [0.25, 0.3) is 0 Å². The summed E-state index contributed by atoms with van der Waals surface area (Å²) in [6.07, 6.45) is 7.62. The van der Waals surface area contributed by atoms with Crippen molar-refractivity contribution in [1.82, 2.24) is 9.97 Å². The highest BCUT2D eigenvalue weighted by molar-refractivity contribution is 5.69. The van der Waals surface area contributed by atoms with Gasteiger partial charge in [0.2, 0.25) is 0 Å². The van der Waals surface area contributed by atoms with E-state index in [1.54, 1.807) is 0 Å². The first-order valence-corrected chi connectivity index (χ1v) is 8.77. The van der Waals surface area contributed by atoms with E-state index in [9.17, 15) is 0 Å². The lowest BCUT2D eigenvalue weighted by molar-refractivity contribution is 0.461. The van der Waals surface area contributed by atoms with Crippen molar-refractivity contribution in [2.24, 2.45) is 0 Å². The fraction of sp³-hybridized carbons (Fsp3) is 0.474. The van der Waals surface area contributed by atoms with Crippen molar-refractivity contribution >= 4 is 17.3 Å². The number of fused-ring (bicyclic) bond motifs is 1. The van der Waals surface area contributed by atoms with Crippen LogP contribution in [-0.4, -0.2) is 22.6 Å². The van der Waals surface area contributed by atoms with Crippen LogP contribution in [0.2, 0.25) is 0 Å². The van der Waals surface area contributed by atoms with Crippen LogP contribution in [0, 0.1) is 6.92 Å². The molecule has 0 radical (unpaired) electrons. The van der Waals surface area contributed by atoms with Crippen LogP contribution in [-0.2, 0) is 6.42 Å². The van der Waals surface area contributed by atoms with Crippen molar-refractivity contribution < 1.29 is 0 Å². The van der Waals surface area contributed by atoms with Crippen molar-refractivity contribution in [3.8, 4) is 0 Å². The van der Waals surface area contributed by atoms with Gasteiger partial charge in [0, 0.05) is 24.3 Å². The van der Waals surface area contributed by atoms with Gasteiger partial charge in [0.25, 0.3) is 0 Å². The molecule has 0 amide bonds. The molecule has 1 aromatic carbocycles. The molecule has 1 aliphatic heterocycles. The van der Waals surface area contributed by atoms with Gasteiger partial charge in [-0.15, -0.1) is 0 Å². The molecule has 0 saturated heterocycles. The molecule has 1 aliphatic carbocycles. The first-order chi connectivity index (χ1) is 11.3. The standard InChI is InChI=1S/C19H24N4/c1-14-20-18(22-16-8-3-2-4-9-16)13-19(21-14)23-12-11-15-7-5-6-10-17(15)23/h5-7,10,13,16H,2-4,8-9,11-12H2,1H3,(H,20,21,22). The number of rotatable bonds is 3. The molecule has 4 heteroatoms. The number of hydrogen-bond acceptors (Lipinski definition) is 4. The quantitative estimate of drug-likeness (QED) is 0.921. The maximum atomic E-state index is 4.68. The second kappa shape index (κ2) is 6.19. The topological polar surface area (TPSA) is 41.1 Å². The minimum Gasteiger partial charge on any atom is -0.367 e. The van der Waals surface area contributed by atoms with Crippen molar-refractivity contribution in [2.45, 2.75) is 51.5 Å². The fourth-order valence-electron chi connectivity index (χ4n) is 3.80. The summed E-state index contributed by atoms with van der Waals surface area (Å²) in [5, 5.41) is 3.63. The van der Waals surface area contributed by atoms with Gasteiger partial charge in [-0.05, 0) is 37.8 Å². The van der Waals surface area contributed by atoms with Gasteiger partial charge in [-0.1, -0.05) is 37.5 Å². The molecule has 1 saturated carbocycles. The molecule has 0 bridgehead atoms. The maximum absolute atomic E-state index is 4.68. The van der Waals surface area contributed by atoms with Crippen LogP contribution >= 0.6 is 0 Å². The number of nitrogens with zero attached hydrogens (tertiary/aromatic N) is 3. The Morgan fingerprint density at radius 1 is 1.09 bits per heavy atom. The highest BCUT2D eigenvalue weighted by Crippen LogP contribution is 2.34. The first-order valence-electron chi connectivity index (χ1n) is 8.77. The monoisotopic (exact) mass is 308 g/mol. The molecular formula is C19H24N4. The Labute approximate surface area is 138 Å². The van der Waals surface area contributed by atoms with Crippen LogP contribution in [0.1, 0.15) is 43.5 Å². The maximum Gasteiger partial charge on any atom is 0.138 e. The molecule has 1 fully saturated rings. The zero-order chi connectivity index (χ0) is 15.6. The molecule has 23 heavy (non-hydrogen) atoms. The summed E-state index contributed by atoms with van der Waals surface area (Å²) in [4.78, 5) is 11.6. The zero-order valence-electron chi connectivity index (χ0n) is 13.8. The molecular weight excluding hydrogens is 284 g/mol. The van der Waals surface area contributed by atoms with E-state index in [4.69, 9.17) is 0 Å². The molecule has 1 aromatic heterocycles. The Morgan fingerprint density at radius 2 is 1.91 bits per heavy atom. The highest BCUT2D eigenvalue weighted by atomic mass is 15.2. The third kappa shape index (κ3) is 3.03. The van der Waals surface area contributed by atoms with E-state index in [2.05, 4.69) is 50.5 Å². The Bertz CT molecular complexity index is 692. The fourth-order valence-corrected chi connectivity index (χ4v) is 3.80. The Balaban J connectivity index is 1.60. The summed E-state index contributed by atoms with van der Waals surface area (Å²) in [6, 6.07) is 11.3. The predicted molar refractivity (Wildman–Crippen MR) is 94.4 cm³/mol. The lowest BCUT2D eigenvalue weighted by Gasteiger charge is -2.24.